The molecule has 1 aromatic rings. The molecule has 0 saturated carbocycles. The third kappa shape index (κ3) is 4.73. The Labute approximate surface area is 135 Å². The van der Waals surface area contributed by atoms with E-state index in [9.17, 15) is 4.79 Å². The molecule has 1 fully saturated rings. The van der Waals surface area contributed by atoms with Crippen LogP contribution in [0.4, 0.5) is 5.82 Å². The van der Waals surface area contributed by atoms with Crippen LogP contribution in [-0.4, -0.2) is 55.1 Å². The van der Waals surface area contributed by atoms with Crippen molar-refractivity contribution in [2.45, 2.75) is 13.3 Å². The number of carbonyl (C=O) groups excluding carboxylic acids is 1. The van der Waals surface area contributed by atoms with Crippen molar-refractivity contribution in [1.29, 1.82) is 0 Å². The van der Waals surface area contributed by atoms with Crippen LogP contribution in [-0.2, 0) is 4.79 Å². The van der Waals surface area contributed by atoms with E-state index < -0.39 is 0 Å². The average molecular weight is 331 g/mol. The third-order valence-electron chi connectivity index (χ3n) is 3.40. The summed E-state index contributed by atoms with van der Waals surface area (Å²) in [5.74, 6) is 0.851. The number of carbonyl (C=O) groups is 1. The van der Waals surface area contributed by atoms with Gasteiger partial charge in [0.1, 0.15) is 5.82 Å². The van der Waals surface area contributed by atoms with Crippen LogP contribution in [0, 0.1) is 0 Å². The van der Waals surface area contributed by atoms with Crippen molar-refractivity contribution in [2.24, 2.45) is 0 Å². The highest BCUT2D eigenvalue weighted by molar-refractivity contribution is 6.36. The molecule has 1 aromatic heterocycles. The van der Waals surface area contributed by atoms with Gasteiger partial charge in [0, 0.05) is 38.9 Å². The van der Waals surface area contributed by atoms with Gasteiger partial charge in [0.05, 0.1) is 16.6 Å². The molecule has 0 aromatic carbocycles. The fourth-order valence-electron chi connectivity index (χ4n) is 2.28. The van der Waals surface area contributed by atoms with E-state index in [0.29, 0.717) is 16.6 Å². The summed E-state index contributed by atoms with van der Waals surface area (Å²) in [4.78, 5) is 20.3. The summed E-state index contributed by atoms with van der Waals surface area (Å²) < 4.78 is 0. The molecule has 5 nitrogen and oxygen atoms in total. The molecule has 2 heterocycles. The zero-order valence-electron chi connectivity index (χ0n) is 12.1. The first-order valence-electron chi connectivity index (χ1n) is 7.15. The lowest BCUT2D eigenvalue weighted by molar-refractivity contribution is -0.122. The summed E-state index contributed by atoms with van der Waals surface area (Å²) in [6, 6.07) is 1.70. The minimum atomic E-state index is 0.0907. The molecule has 0 aliphatic carbocycles. The van der Waals surface area contributed by atoms with Crippen LogP contribution < -0.4 is 10.2 Å². The number of pyridine rings is 1. The normalized spacial score (nSPS) is 16.0. The lowest BCUT2D eigenvalue weighted by Crippen LogP contribution is -2.49. The molecule has 0 spiro atoms. The van der Waals surface area contributed by atoms with E-state index in [1.165, 1.54) is 0 Å². The number of rotatable bonds is 5. The third-order valence-corrected chi connectivity index (χ3v) is 3.88. The molecule has 1 N–H and O–H groups in total. The molecule has 0 unspecified atom stereocenters. The van der Waals surface area contributed by atoms with Gasteiger partial charge in [-0.2, -0.15) is 0 Å². The molecule has 1 amide bonds. The Kier molecular flexibility index (Phi) is 6.08. The topological polar surface area (TPSA) is 48.5 Å². The first kappa shape index (κ1) is 16.3. The largest absolute Gasteiger partial charge is 0.355 e. The van der Waals surface area contributed by atoms with Crippen molar-refractivity contribution in [3.8, 4) is 0 Å². The van der Waals surface area contributed by atoms with Gasteiger partial charge in [-0.15, -0.1) is 0 Å². The van der Waals surface area contributed by atoms with Crippen LogP contribution in [0.15, 0.2) is 12.3 Å². The van der Waals surface area contributed by atoms with E-state index in [1.54, 1.807) is 12.3 Å². The fourth-order valence-corrected chi connectivity index (χ4v) is 2.78. The molecule has 2 rings (SSSR count). The molecule has 1 aliphatic heterocycles. The predicted molar refractivity (Wildman–Crippen MR) is 86.2 cm³/mol. The average Bonchev–Trinajstić information content (AvgIpc) is 2.46. The molecular formula is C14H20Cl2N4O. The fraction of sp³-hybridized carbons (Fsp3) is 0.571. The predicted octanol–water partition coefficient (Wildman–Crippen LogP) is 2.04. The maximum atomic E-state index is 11.7. The Hall–Kier alpha value is -1.04. The van der Waals surface area contributed by atoms with Gasteiger partial charge in [0.25, 0.3) is 0 Å². The quantitative estimate of drug-likeness (QED) is 0.897. The number of hydrogen-bond acceptors (Lipinski definition) is 4. The minimum Gasteiger partial charge on any atom is -0.355 e. The Bertz CT molecular complexity index is 490. The van der Waals surface area contributed by atoms with Gasteiger partial charge in [-0.05, 0) is 12.5 Å². The highest BCUT2D eigenvalue weighted by Gasteiger charge is 2.21. The summed E-state index contributed by atoms with van der Waals surface area (Å²) in [5.41, 5.74) is 0. The van der Waals surface area contributed by atoms with E-state index in [2.05, 4.69) is 20.1 Å². The van der Waals surface area contributed by atoms with E-state index >= 15 is 0 Å². The van der Waals surface area contributed by atoms with Gasteiger partial charge < -0.3 is 10.2 Å². The second kappa shape index (κ2) is 7.82. The molecular weight excluding hydrogens is 311 g/mol. The molecule has 0 radical (unpaired) electrons. The van der Waals surface area contributed by atoms with Gasteiger partial charge in [0.15, 0.2) is 0 Å². The maximum absolute atomic E-state index is 11.7. The van der Waals surface area contributed by atoms with Crippen LogP contribution in [0.25, 0.3) is 0 Å². The number of hydrogen-bond donors (Lipinski definition) is 1. The number of anilines is 1. The highest BCUT2D eigenvalue weighted by atomic mass is 35.5. The number of nitrogens with zero attached hydrogens (tertiary/aromatic N) is 3. The lowest BCUT2D eigenvalue weighted by atomic mass is 10.3. The molecule has 7 heteroatoms. The summed E-state index contributed by atoms with van der Waals surface area (Å²) in [7, 11) is 0. The van der Waals surface area contributed by atoms with Gasteiger partial charge in [0.2, 0.25) is 5.91 Å². The van der Waals surface area contributed by atoms with Gasteiger partial charge >= 0.3 is 0 Å². The van der Waals surface area contributed by atoms with Crippen LogP contribution in [0.1, 0.15) is 13.3 Å². The van der Waals surface area contributed by atoms with Crippen molar-refractivity contribution in [2.75, 3.05) is 44.2 Å². The smallest absolute Gasteiger partial charge is 0.234 e. The summed E-state index contributed by atoms with van der Waals surface area (Å²) in [5, 5.41) is 4.00. The van der Waals surface area contributed by atoms with Crippen molar-refractivity contribution in [1.82, 2.24) is 15.2 Å². The molecule has 0 bridgehead atoms. The number of aromatic nitrogens is 1. The zero-order chi connectivity index (χ0) is 15.2. The number of nitrogens with one attached hydrogen (secondary N) is 1. The standard InChI is InChI=1S/C14H20Cl2N4O/c1-2-3-17-13(21)10-19-4-6-20(7-5-19)14-12(16)8-11(15)9-18-14/h8-9H,2-7,10H2,1H3,(H,17,21). The Morgan fingerprint density at radius 1 is 1.33 bits per heavy atom. The number of amides is 1. The van der Waals surface area contributed by atoms with Crippen molar-refractivity contribution < 1.29 is 4.79 Å². The molecule has 1 saturated heterocycles. The van der Waals surface area contributed by atoms with Gasteiger partial charge in [-0.1, -0.05) is 30.1 Å². The summed E-state index contributed by atoms with van der Waals surface area (Å²) in [6.45, 7) is 6.48. The molecule has 0 atom stereocenters. The van der Waals surface area contributed by atoms with Crippen molar-refractivity contribution >= 4 is 34.9 Å². The van der Waals surface area contributed by atoms with Gasteiger partial charge in [-0.25, -0.2) is 4.98 Å². The maximum Gasteiger partial charge on any atom is 0.234 e. The van der Waals surface area contributed by atoms with E-state index in [1.807, 2.05) is 6.92 Å². The lowest BCUT2D eigenvalue weighted by Gasteiger charge is -2.35. The molecule has 1 aliphatic rings. The van der Waals surface area contributed by atoms with E-state index in [4.69, 9.17) is 23.2 Å². The van der Waals surface area contributed by atoms with Crippen LogP contribution in [0.2, 0.25) is 10.0 Å². The molecule has 116 valence electrons. The van der Waals surface area contributed by atoms with Gasteiger partial charge in [-0.3, -0.25) is 9.69 Å². The van der Waals surface area contributed by atoms with Crippen molar-refractivity contribution in [3.63, 3.8) is 0 Å². The first-order valence-corrected chi connectivity index (χ1v) is 7.90. The Balaban J connectivity index is 1.84. The highest BCUT2D eigenvalue weighted by Crippen LogP contribution is 2.26. The second-order valence-electron chi connectivity index (χ2n) is 5.07. The van der Waals surface area contributed by atoms with Crippen molar-refractivity contribution in [3.05, 3.63) is 22.3 Å². The Morgan fingerprint density at radius 3 is 2.67 bits per heavy atom. The van der Waals surface area contributed by atoms with Crippen LogP contribution in [0.3, 0.4) is 0 Å². The first-order chi connectivity index (χ1) is 10.1. The minimum absolute atomic E-state index is 0.0907. The van der Waals surface area contributed by atoms with E-state index in [-0.39, 0.29) is 5.91 Å². The SMILES string of the molecule is CCCNC(=O)CN1CCN(c2ncc(Cl)cc2Cl)CC1. The zero-order valence-corrected chi connectivity index (χ0v) is 13.6. The molecule has 21 heavy (non-hydrogen) atoms. The van der Waals surface area contributed by atoms with Crippen LogP contribution >= 0.6 is 23.2 Å². The summed E-state index contributed by atoms with van der Waals surface area (Å²) >= 11 is 12.0. The monoisotopic (exact) mass is 330 g/mol. The number of halogens is 2. The number of piperazine rings is 1. The van der Waals surface area contributed by atoms with E-state index in [0.717, 1.165) is 45.0 Å². The van der Waals surface area contributed by atoms with Crippen LogP contribution in [0.5, 0.6) is 0 Å². The second-order valence-corrected chi connectivity index (χ2v) is 5.92. The summed E-state index contributed by atoms with van der Waals surface area (Å²) in [6.07, 6.45) is 2.56. The Morgan fingerprint density at radius 2 is 2.05 bits per heavy atom.